The second-order valence-corrected chi connectivity index (χ2v) is 24.3. The third kappa shape index (κ3) is 13.8. The van der Waals surface area contributed by atoms with Gasteiger partial charge in [0.1, 0.15) is 13.2 Å². The molecule has 5 aliphatic heterocycles. The van der Waals surface area contributed by atoms with Crippen LogP contribution in [0.25, 0.3) is 0 Å². The first-order valence-corrected chi connectivity index (χ1v) is 30.2. The molecule has 5 aromatic carbocycles. The van der Waals surface area contributed by atoms with Gasteiger partial charge in [0, 0.05) is 104 Å². The van der Waals surface area contributed by atoms with Crippen LogP contribution in [0.4, 0.5) is 28.4 Å². The van der Waals surface area contributed by atoms with Gasteiger partial charge in [-0.25, -0.2) is 0 Å². The summed E-state index contributed by atoms with van der Waals surface area (Å²) in [6.07, 6.45) is 6.63. The van der Waals surface area contributed by atoms with E-state index in [1.54, 1.807) is 58.9 Å². The Hall–Kier alpha value is -7.56. The molecule has 0 saturated heterocycles. The molecule has 19 nitrogen and oxygen atoms in total. The predicted octanol–water partition coefficient (Wildman–Crippen LogP) is 7.96. The molecule has 5 amide bonds. The summed E-state index contributed by atoms with van der Waals surface area (Å²) in [4.78, 5) is 76.9. The van der Waals surface area contributed by atoms with Crippen molar-refractivity contribution >= 4 is 85.8 Å². The van der Waals surface area contributed by atoms with Gasteiger partial charge < -0.3 is 54.0 Å². The summed E-state index contributed by atoms with van der Waals surface area (Å²) < 4.78 is 36.4. The maximum Gasteiger partial charge on any atom is 0.261 e. The molecule has 10 rings (SSSR count). The number of benzene rings is 5. The number of hydrogen-bond acceptors (Lipinski definition) is 17. The molecule has 0 saturated carbocycles. The highest BCUT2D eigenvalue weighted by Gasteiger charge is 2.39. The fraction of sp³-hybridized carbons (Fsp3) is 0.387. The molecule has 5 aromatic rings. The summed E-state index contributed by atoms with van der Waals surface area (Å²) >= 11 is 0. The van der Waals surface area contributed by atoms with E-state index >= 15 is 0 Å². The maximum absolute atomic E-state index is 14.3. The number of rotatable bonds is 28. The van der Waals surface area contributed by atoms with Crippen molar-refractivity contribution in [3.05, 3.63) is 137 Å². The van der Waals surface area contributed by atoms with Crippen molar-refractivity contribution < 1.29 is 57.5 Å². The van der Waals surface area contributed by atoms with Crippen LogP contribution in [-0.4, -0.2) is 148 Å². The lowest BCUT2D eigenvalue weighted by molar-refractivity contribution is -0.137. The van der Waals surface area contributed by atoms with Gasteiger partial charge >= 0.3 is 0 Å². The molecule has 2 atom stereocenters. The number of fused-ring (bicyclic) bond motifs is 8. The second kappa shape index (κ2) is 26.8. The van der Waals surface area contributed by atoms with Crippen molar-refractivity contribution in [1.29, 1.82) is 0 Å². The standard InChI is InChI=1S/C62H69N7O12S2/c1-62(2,83-82-25-9-14-57(71)63-17-18-67-58(72)15-16-59(67)73)39-66(19-21-78-23-24-79-22-20-70)44-27-40(37-80-55-33-49-47(31-53(55)76-3)60(74)68-45(35-64-49)29-42-10-5-7-12-51(42)68)26-41(28-44)38-81-56-34-50-48(32-54(56)77-4)61(75)69-46(36-65-50)30-43-11-6-8-13-52(43)69/h5-8,10-13,15-16,26-28,31-35,45-46,65,70H,9,14,17-25,29-30,36-39H2,1-4H3,(H,63,71)/t45-,46-/m0/s1. The van der Waals surface area contributed by atoms with Crippen LogP contribution in [0.15, 0.2) is 108 Å². The molecule has 5 heterocycles. The molecule has 5 aliphatic rings. The fourth-order valence-corrected chi connectivity index (χ4v) is 13.5. The van der Waals surface area contributed by atoms with E-state index in [-0.39, 0.29) is 85.9 Å². The Balaban J connectivity index is 0.889. The van der Waals surface area contributed by atoms with Crippen molar-refractivity contribution in [1.82, 2.24) is 10.2 Å². The highest BCUT2D eigenvalue weighted by atomic mass is 33.1. The van der Waals surface area contributed by atoms with E-state index in [0.29, 0.717) is 110 Å². The van der Waals surface area contributed by atoms with Crippen LogP contribution in [0, 0.1) is 0 Å². The van der Waals surface area contributed by atoms with Crippen molar-refractivity contribution in [2.75, 3.05) is 106 Å². The Morgan fingerprint density at radius 1 is 0.771 bits per heavy atom. The normalized spacial score (nSPS) is 16.6. The fourth-order valence-electron chi connectivity index (χ4n) is 10.9. The molecule has 0 radical (unpaired) electrons. The quantitative estimate of drug-likeness (QED) is 0.0246. The number of methoxy groups -OCH3 is 2. The number of ether oxygens (including phenoxy) is 6. The first kappa shape index (κ1) is 58.6. The molecule has 0 unspecified atom stereocenters. The molecule has 0 fully saturated rings. The number of anilines is 4. The number of imide groups is 1. The first-order chi connectivity index (χ1) is 40.3. The monoisotopic (exact) mass is 1170 g/mol. The number of nitrogens with one attached hydrogen (secondary N) is 2. The SMILES string of the molecule is COc1cc2c(cc1OCc1cc(COc3cc4c(cc3OC)C(=O)N3c5ccccc5C[C@H]3CN4)cc(N(CCOCCOCCO)CC(C)(C)SSCCCC(=O)NCCN3C(=O)C=CC3=O)c1)N=C[C@@H]1Cc3ccccc3N1C2=O. The van der Waals surface area contributed by atoms with Gasteiger partial charge in [0.05, 0.1) is 81.8 Å². The van der Waals surface area contributed by atoms with Crippen molar-refractivity contribution in [3.8, 4) is 23.0 Å². The van der Waals surface area contributed by atoms with Crippen LogP contribution in [0.3, 0.4) is 0 Å². The molecule has 3 N–H and O–H groups in total. The molecule has 436 valence electrons. The van der Waals surface area contributed by atoms with Crippen LogP contribution >= 0.6 is 21.6 Å². The lowest BCUT2D eigenvalue weighted by Crippen LogP contribution is -2.39. The first-order valence-electron chi connectivity index (χ1n) is 27.9. The minimum Gasteiger partial charge on any atom is -0.493 e. The Kier molecular flexibility index (Phi) is 18.9. The Bertz CT molecular complexity index is 3280. The van der Waals surface area contributed by atoms with E-state index in [9.17, 15) is 29.1 Å². The molecule has 0 aliphatic carbocycles. The Morgan fingerprint density at radius 3 is 2.11 bits per heavy atom. The zero-order valence-corrected chi connectivity index (χ0v) is 48.7. The molecule has 21 heteroatoms. The number of para-hydroxylation sites is 2. The zero-order chi connectivity index (χ0) is 58.0. The number of aliphatic hydroxyl groups excluding tert-OH is 1. The van der Waals surface area contributed by atoms with E-state index < -0.39 is 0 Å². The third-order valence-corrected chi connectivity index (χ3v) is 18.2. The number of carbonyl (C=O) groups is 5. The van der Waals surface area contributed by atoms with Gasteiger partial charge in [0.25, 0.3) is 23.6 Å². The summed E-state index contributed by atoms with van der Waals surface area (Å²) in [7, 11) is 6.52. The van der Waals surface area contributed by atoms with Gasteiger partial charge in [-0.1, -0.05) is 58.0 Å². The summed E-state index contributed by atoms with van der Waals surface area (Å²) in [5.41, 5.74) is 8.57. The van der Waals surface area contributed by atoms with Crippen molar-refractivity contribution in [2.45, 2.75) is 69.6 Å². The predicted molar refractivity (Wildman–Crippen MR) is 322 cm³/mol. The largest absolute Gasteiger partial charge is 0.493 e. The van der Waals surface area contributed by atoms with Crippen molar-refractivity contribution in [3.63, 3.8) is 0 Å². The molecule has 0 spiro atoms. The molecule has 0 bridgehead atoms. The summed E-state index contributed by atoms with van der Waals surface area (Å²) in [5.74, 6) is 1.20. The zero-order valence-electron chi connectivity index (χ0n) is 47.1. The van der Waals surface area contributed by atoms with Crippen LogP contribution < -0.4 is 44.3 Å². The van der Waals surface area contributed by atoms with Crippen LogP contribution in [-0.2, 0) is 49.9 Å². The third-order valence-electron chi connectivity index (χ3n) is 14.8. The van der Waals surface area contributed by atoms with E-state index in [2.05, 4.69) is 47.6 Å². The highest BCUT2D eigenvalue weighted by Crippen LogP contribution is 2.44. The highest BCUT2D eigenvalue weighted by molar-refractivity contribution is 8.77. The van der Waals surface area contributed by atoms with E-state index in [0.717, 1.165) is 50.6 Å². The number of aliphatic imine (C=N–C) groups is 1. The summed E-state index contributed by atoms with van der Waals surface area (Å²) in [6, 6.07) is 28.9. The average Bonchev–Trinajstić information content (AvgIpc) is 4.06. The topological polar surface area (TPSA) is 210 Å². The van der Waals surface area contributed by atoms with E-state index in [1.807, 2.05) is 65.7 Å². The maximum atomic E-state index is 14.3. The second-order valence-electron chi connectivity index (χ2n) is 21.2. The average molecular weight is 1170 g/mol. The van der Waals surface area contributed by atoms with Gasteiger partial charge in [0.15, 0.2) is 23.0 Å². The number of hydrogen-bond donors (Lipinski definition) is 3. The molecular formula is C62H69N7O12S2. The van der Waals surface area contributed by atoms with Gasteiger partial charge in [0.2, 0.25) is 5.91 Å². The number of amides is 5. The van der Waals surface area contributed by atoms with E-state index in [4.69, 9.17) is 33.4 Å². The van der Waals surface area contributed by atoms with Gasteiger partial charge in [-0.2, -0.15) is 0 Å². The minimum absolute atomic E-state index is 0.0463. The smallest absolute Gasteiger partial charge is 0.261 e. The van der Waals surface area contributed by atoms with Gasteiger partial charge in [-0.05, 0) is 91.4 Å². The van der Waals surface area contributed by atoms with E-state index in [1.165, 1.54) is 12.2 Å². The summed E-state index contributed by atoms with van der Waals surface area (Å²) in [6.45, 7) is 7.70. The van der Waals surface area contributed by atoms with Crippen LogP contribution in [0.5, 0.6) is 23.0 Å². The lowest BCUT2D eigenvalue weighted by Gasteiger charge is -2.34. The number of aliphatic hydroxyl groups is 1. The lowest BCUT2D eigenvalue weighted by atomic mass is 10.1. The van der Waals surface area contributed by atoms with Crippen molar-refractivity contribution in [2.24, 2.45) is 4.99 Å². The Labute approximate surface area is 491 Å². The van der Waals surface area contributed by atoms with Crippen LogP contribution in [0.1, 0.15) is 69.7 Å². The molecular weight excluding hydrogens is 1100 g/mol. The summed E-state index contributed by atoms with van der Waals surface area (Å²) in [5, 5.41) is 15.6. The molecule has 0 aromatic heterocycles. The Morgan fingerprint density at radius 2 is 1.41 bits per heavy atom. The minimum atomic E-state index is -0.379. The van der Waals surface area contributed by atoms with Crippen LogP contribution in [0.2, 0.25) is 0 Å². The number of nitrogens with zero attached hydrogens (tertiary/aromatic N) is 5. The molecule has 83 heavy (non-hydrogen) atoms. The number of carbonyl (C=O) groups excluding carboxylic acids is 5. The van der Waals surface area contributed by atoms with Gasteiger partial charge in [-0.15, -0.1) is 0 Å². The van der Waals surface area contributed by atoms with Gasteiger partial charge in [-0.3, -0.25) is 38.8 Å².